The van der Waals surface area contributed by atoms with Gasteiger partial charge in [0, 0.05) is 0 Å². The first kappa shape index (κ1) is 46.0. The van der Waals surface area contributed by atoms with E-state index in [0.29, 0.717) is 0 Å². The Labute approximate surface area is 316 Å². The van der Waals surface area contributed by atoms with Gasteiger partial charge in [-0.15, -0.1) is 0 Å². The molecule has 17 N–H and O–H groups in total. The molecule has 0 aromatic heterocycles. The zero-order valence-corrected chi connectivity index (χ0v) is 29.2. The van der Waals surface area contributed by atoms with E-state index >= 15 is 0 Å². The number of hydrogen-bond acceptors (Lipinski definition) is 26. The van der Waals surface area contributed by atoms with Gasteiger partial charge in [0.05, 0.1) is 33.0 Å². The van der Waals surface area contributed by atoms with Crippen molar-refractivity contribution in [2.75, 3.05) is 33.0 Å². The Morgan fingerprint density at radius 2 is 0.821 bits per heavy atom. The zero-order chi connectivity index (χ0) is 41.3. The summed E-state index contributed by atoms with van der Waals surface area (Å²) >= 11 is 0. The number of aliphatic hydroxyl groups excluding tert-OH is 17. The van der Waals surface area contributed by atoms with Gasteiger partial charge in [0.1, 0.15) is 122 Å². The van der Waals surface area contributed by atoms with Crippen LogP contribution in [0.25, 0.3) is 0 Å². The van der Waals surface area contributed by atoms with Crippen LogP contribution in [0.1, 0.15) is 0 Å². The minimum absolute atomic E-state index is 0.823. The van der Waals surface area contributed by atoms with E-state index in [0.717, 1.165) is 0 Å². The van der Waals surface area contributed by atoms with Gasteiger partial charge in [-0.25, -0.2) is 0 Å². The Morgan fingerprint density at radius 3 is 1.34 bits per heavy atom. The fourth-order valence-electron chi connectivity index (χ4n) is 6.92. The summed E-state index contributed by atoms with van der Waals surface area (Å²) in [5, 5.41) is 176. The summed E-state index contributed by atoms with van der Waals surface area (Å²) in [7, 11) is 0. The Kier molecular flexibility index (Phi) is 16.1. The molecule has 5 rings (SSSR count). The van der Waals surface area contributed by atoms with Crippen LogP contribution in [-0.4, -0.2) is 273 Å². The van der Waals surface area contributed by atoms with Crippen LogP contribution in [0.4, 0.5) is 0 Å². The van der Waals surface area contributed by atoms with Gasteiger partial charge in [0.15, 0.2) is 31.5 Å². The highest BCUT2D eigenvalue weighted by atomic mass is 16.8. The molecule has 0 saturated carbocycles. The summed E-state index contributed by atoms with van der Waals surface area (Å²) in [4.78, 5) is 0. The minimum atomic E-state index is -2.11. The quantitative estimate of drug-likeness (QED) is 0.0773. The second-order valence-electron chi connectivity index (χ2n) is 14.0. The molecule has 5 aliphatic heterocycles. The lowest BCUT2D eigenvalue weighted by atomic mass is 9.96. The molecule has 5 aliphatic rings. The van der Waals surface area contributed by atoms with E-state index in [4.69, 9.17) is 42.6 Å². The van der Waals surface area contributed by atoms with Gasteiger partial charge in [-0.3, -0.25) is 0 Å². The summed E-state index contributed by atoms with van der Waals surface area (Å²) < 4.78 is 49.1. The maximum absolute atomic E-state index is 11.2. The van der Waals surface area contributed by atoms with Gasteiger partial charge in [-0.05, 0) is 0 Å². The van der Waals surface area contributed by atoms with Crippen LogP contribution in [0.15, 0.2) is 0 Å². The predicted octanol–water partition coefficient (Wildman–Crippen LogP) is -11.9. The predicted molar refractivity (Wildman–Crippen MR) is 167 cm³/mol. The number of aliphatic hydroxyl groups is 17. The normalized spacial score (nSPS) is 52.2. The second kappa shape index (κ2) is 19.6. The molecule has 26 heteroatoms. The summed E-state index contributed by atoms with van der Waals surface area (Å²) in [6.07, 6.45) is -46.0. The third-order valence-corrected chi connectivity index (χ3v) is 10.3. The lowest BCUT2D eigenvalue weighted by Gasteiger charge is -2.48. The minimum Gasteiger partial charge on any atom is -0.394 e. The Hall–Kier alpha value is -1.04. The Morgan fingerprint density at radius 1 is 0.393 bits per heavy atom. The first-order chi connectivity index (χ1) is 26.5. The number of rotatable bonds is 14. The fourth-order valence-corrected chi connectivity index (χ4v) is 6.92. The molecule has 56 heavy (non-hydrogen) atoms. The van der Waals surface area contributed by atoms with Gasteiger partial charge in [-0.1, -0.05) is 0 Å². The molecule has 5 saturated heterocycles. The smallest absolute Gasteiger partial charge is 0.187 e. The van der Waals surface area contributed by atoms with Gasteiger partial charge in [-0.2, -0.15) is 0 Å². The van der Waals surface area contributed by atoms with E-state index < -0.39 is 187 Å². The summed E-state index contributed by atoms with van der Waals surface area (Å²) in [6, 6.07) is 0. The number of hydrogen-bond donors (Lipinski definition) is 17. The molecule has 328 valence electrons. The van der Waals surface area contributed by atoms with E-state index in [2.05, 4.69) is 0 Å². The van der Waals surface area contributed by atoms with E-state index in [1.165, 1.54) is 0 Å². The fraction of sp³-hybridized carbons (Fsp3) is 1.00. The summed E-state index contributed by atoms with van der Waals surface area (Å²) in [5.74, 6) is 0. The average Bonchev–Trinajstić information content (AvgIpc) is 3.50. The van der Waals surface area contributed by atoms with Crippen molar-refractivity contribution in [3.05, 3.63) is 0 Å². The third kappa shape index (κ3) is 9.31. The van der Waals surface area contributed by atoms with Crippen molar-refractivity contribution in [1.29, 1.82) is 0 Å². The molecule has 25 unspecified atom stereocenters. The molecule has 0 bridgehead atoms. The van der Waals surface area contributed by atoms with E-state index in [1.54, 1.807) is 0 Å². The van der Waals surface area contributed by atoms with Gasteiger partial charge in [0.25, 0.3) is 0 Å². The van der Waals surface area contributed by atoms with Crippen molar-refractivity contribution in [3.8, 4) is 0 Å². The summed E-state index contributed by atoms with van der Waals surface area (Å²) in [6.45, 7) is -4.35. The molecule has 0 aliphatic carbocycles. The summed E-state index contributed by atoms with van der Waals surface area (Å²) in [5.41, 5.74) is 0. The maximum Gasteiger partial charge on any atom is 0.187 e. The molecule has 0 aromatic carbocycles. The largest absolute Gasteiger partial charge is 0.394 e. The highest BCUT2D eigenvalue weighted by Gasteiger charge is 2.56. The molecule has 5 fully saturated rings. The van der Waals surface area contributed by atoms with Crippen molar-refractivity contribution >= 4 is 0 Å². The van der Waals surface area contributed by atoms with E-state index in [9.17, 15) is 86.8 Å². The highest BCUT2D eigenvalue weighted by Crippen LogP contribution is 2.35. The maximum atomic E-state index is 11.2. The van der Waals surface area contributed by atoms with Gasteiger partial charge in [0.2, 0.25) is 0 Å². The molecular formula is C30H52O26. The molecule has 0 amide bonds. The number of ether oxygens (including phenoxy) is 9. The van der Waals surface area contributed by atoms with Crippen LogP contribution < -0.4 is 0 Å². The van der Waals surface area contributed by atoms with Crippen LogP contribution in [0, 0.1) is 0 Å². The SMILES string of the molecule is OCC(O)C1OC(OCC2OC(OC3C(O)C(CO)OC(OC4C(O)C(O)OC(CO)C4O)C3O)C(O)C(O)C2O)C(OC2OC(CO)C(O)C(O)C2O)C1O. The molecule has 26 nitrogen and oxygen atoms in total. The van der Waals surface area contributed by atoms with E-state index in [1.807, 2.05) is 0 Å². The van der Waals surface area contributed by atoms with Crippen molar-refractivity contribution in [3.63, 3.8) is 0 Å². The van der Waals surface area contributed by atoms with Gasteiger partial charge < -0.3 is 129 Å². The molecule has 5 heterocycles. The highest BCUT2D eigenvalue weighted by molar-refractivity contribution is 4.98. The molecule has 0 spiro atoms. The average molecular weight is 829 g/mol. The van der Waals surface area contributed by atoms with Crippen LogP contribution in [0.2, 0.25) is 0 Å². The first-order valence-corrected chi connectivity index (χ1v) is 17.6. The molecule has 0 radical (unpaired) electrons. The third-order valence-electron chi connectivity index (χ3n) is 10.3. The Bertz CT molecular complexity index is 1210. The van der Waals surface area contributed by atoms with Crippen LogP contribution >= 0.6 is 0 Å². The van der Waals surface area contributed by atoms with Crippen LogP contribution in [0.5, 0.6) is 0 Å². The molecule has 0 aromatic rings. The Balaban J connectivity index is 1.29. The lowest BCUT2D eigenvalue weighted by molar-refractivity contribution is -0.380. The van der Waals surface area contributed by atoms with Crippen LogP contribution in [-0.2, 0) is 42.6 Å². The monoisotopic (exact) mass is 828 g/mol. The van der Waals surface area contributed by atoms with Crippen molar-refractivity contribution in [1.82, 2.24) is 0 Å². The van der Waals surface area contributed by atoms with Crippen molar-refractivity contribution in [2.24, 2.45) is 0 Å². The van der Waals surface area contributed by atoms with Gasteiger partial charge >= 0.3 is 0 Å². The molecular weight excluding hydrogens is 776 g/mol. The molecule has 25 atom stereocenters. The van der Waals surface area contributed by atoms with Crippen LogP contribution in [0.3, 0.4) is 0 Å². The van der Waals surface area contributed by atoms with Crippen molar-refractivity contribution < 1.29 is 129 Å². The zero-order valence-electron chi connectivity index (χ0n) is 29.2. The van der Waals surface area contributed by atoms with Crippen molar-refractivity contribution in [2.45, 2.75) is 154 Å². The lowest BCUT2D eigenvalue weighted by Crippen LogP contribution is -2.66. The second-order valence-corrected chi connectivity index (χ2v) is 14.0. The topological polar surface area (TPSA) is 427 Å². The standard InChI is InChI=1S/C30H52O26/c31-1-6(35)22-19(44)25(56-27-17(42)15(40)11(36)7(2-32)50-27)30(53-22)48-5-10-12(37)16(41)18(43)28(52-10)55-24-14(39)9(4-34)51-29(21(24)46)54-23-13(38)8(3-33)49-26(47)20(23)45/h6-47H,1-5H2. The van der Waals surface area contributed by atoms with E-state index in [-0.39, 0.29) is 0 Å². The first-order valence-electron chi connectivity index (χ1n) is 17.6.